The Balaban J connectivity index is 1.65. The highest BCUT2D eigenvalue weighted by molar-refractivity contribution is 7.12. The molecule has 0 fully saturated rings. The highest BCUT2D eigenvalue weighted by Crippen LogP contribution is 2.45. The molecular formula is C22H17ClN2OS. The van der Waals surface area contributed by atoms with Crippen molar-refractivity contribution >= 4 is 34.6 Å². The lowest BCUT2D eigenvalue weighted by Crippen LogP contribution is -2.32. The zero-order valence-electron chi connectivity index (χ0n) is 14.5. The molecule has 2 aromatic carbocycles. The van der Waals surface area contributed by atoms with E-state index < -0.39 is 0 Å². The maximum absolute atomic E-state index is 13.2. The lowest BCUT2D eigenvalue weighted by molar-refractivity contribution is 0.0687. The van der Waals surface area contributed by atoms with Gasteiger partial charge in [-0.2, -0.15) is 5.10 Å². The van der Waals surface area contributed by atoms with Gasteiger partial charge in [0, 0.05) is 16.5 Å². The molecule has 2 aliphatic rings. The van der Waals surface area contributed by atoms with E-state index in [9.17, 15) is 4.79 Å². The van der Waals surface area contributed by atoms with E-state index in [1.807, 2.05) is 47.8 Å². The van der Waals surface area contributed by atoms with Crippen LogP contribution in [0.25, 0.3) is 0 Å². The molecule has 134 valence electrons. The summed E-state index contributed by atoms with van der Waals surface area (Å²) >= 11 is 7.99. The molecule has 0 spiro atoms. The van der Waals surface area contributed by atoms with Gasteiger partial charge in [-0.1, -0.05) is 60.1 Å². The summed E-state index contributed by atoms with van der Waals surface area (Å²) in [4.78, 5) is 13.9. The fourth-order valence-electron chi connectivity index (χ4n) is 4.17. The van der Waals surface area contributed by atoms with Crippen molar-refractivity contribution in [1.82, 2.24) is 5.01 Å². The topological polar surface area (TPSA) is 32.7 Å². The van der Waals surface area contributed by atoms with E-state index in [1.165, 1.54) is 16.9 Å². The number of hydrogen-bond donors (Lipinski definition) is 0. The molecule has 27 heavy (non-hydrogen) atoms. The summed E-state index contributed by atoms with van der Waals surface area (Å²) in [6, 6.07) is 19.8. The van der Waals surface area contributed by atoms with Gasteiger partial charge in [-0.15, -0.1) is 11.3 Å². The fourth-order valence-corrected chi connectivity index (χ4v) is 5.07. The summed E-state index contributed by atoms with van der Waals surface area (Å²) in [5, 5.41) is 9.12. The Kier molecular flexibility index (Phi) is 4.10. The number of rotatable bonds is 2. The third-order valence-corrected chi connectivity index (χ3v) is 6.60. The van der Waals surface area contributed by atoms with E-state index in [-0.39, 0.29) is 17.9 Å². The third kappa shape index (κ3) is 2.71. The highest BCUT2D eigenvalue weighted by Gasteiger charge is 2.44. The van der Waals surface area contributed by atoms with Gasteiger partial charge in [0.25, 0.3) is 5.91 Å². The molecule has 1 aliphatic heterocycles. The number of benzene rings is 2. The Morgan fingerprint density at radius 1 is 1.07 bits per heavy atom. The summed E-state index contributed by atoms with van der Waals surface area (Å²) in [6.07, 6.45) is 1.95. The first-order chi connectivity index (χ1) is 13.2. The van der Waals surface area contributed by atoms with Crippen LogP contribution in [0.1, 0.15) is 38.8 Å². The third-order valence-electron chi connectivity index (χ3n) is 5.39. The van der Waals surface area contributed by atoms with Crippen LogP contribution in [-0.4, -0.2) is 16.6 Å². The standard InChI is InChI=1S/C22H17ClN2OS/c23-18-9-4-3-8-16(18)21-17-12-11-14-6-1-2-7-15(14)20(17)24-25(21)22(26)19-10-5-13-27-19/h1-10,13,17,21H,11-12H2/t17-,21+/m0/s1. The van der Waals surface area contributed by atoms with Crippen molar-refractivity contribution in [1.29, 1.82) is 0 Å². The summed E-state index contributed by atoms with van der Waals surface area (Å²) in [5.74, 6) is 0.0954. The van der Waals surface area contributed by atoms with Crippen molar-refractivity contribution in [3.8, 4) is 0 Å². The van der Waals surface area contributed by atoms with Crippen LogP contribution in [0.15, 0.2) is 71.1 Å². The monoisotopic (exact) mass is 392 g/mol. The van der Waals surface area contributed by atoms with E-state index in [4.69, 9.17) is 16.7 Å². The predicted molar refractivity (Wildman–Crippen MR) is 109 cm³/mol. The van der Waals surface area contributed by atoms with Crippen molar-refractivity contribution in [3.63, 3.8) is 0 Å². The van der Waals surface area contributed by atoms with Crippen molar-refractivity contribution in [3.05, 3.63) is 92.6 Å². The molecule has 5 rings (SSSR count). The van der Waals surface area contributed by atoms with Gasteiger partial charge in [-0.25, -0.2) is 5.01 Å². The number of hydrazone groups is 1. The number of aryl methyl sites for hydroxylation is 1. The van der Waals surface area contributed by atoms with E-state index in [0.29, 0.717) is 9.90 Å². The number of nitrogens with zero attached hydrogens (tertiary/aromatic N) is 2. The Labute approximate surface area is 166 Å². The Bertz CT molecular complexity index is 1040. The second-order valence-corrected chi connectivity index (χ2v) is 8.24. The average Bonchev–Trinajstić information content (AvgIpc) is 3.36. The van der Waals surface area contributed by atoms with E-state index in [0.717, 1.165) is 29.7 Å². The molecular weight excluding hydrogens is 376 g/mol. The summed E-state index contributed by atoms with van der Waals surface area (Å²) in [7, 11) is 0. The molecule has 0 N–H and O–H groups in total. The Morgan fingerprint density at radius 3 is 2.70 bits per heavy atom. The van der Waals surface area contributed by atoms with Gasteiger partial charge in [0.05, 0.1) is 16.6 Å². The van der Waals surface area contributed by atoms with Gasteiger partial charge in [0.1, 0.15) is 0 Å². The normalized spacial score (nSPS) is 20.8. The van der Waals surface area contributed by atoms with E-state index in [1.54, 1.807) is 5.01 Å². The highest BCUT2D eigenvalue weighted by atomic mass is 35.5. The molecule has 2 atom stereocenters. The smallest absolute Gasteiger partial charge is 0.266 e. The number of halogens is 1. The second-order valence-electron chi connectivity index (χ2n) is 6.88. The first-order valence-electron chi connectivity index (χ1n) is 9.02. The van der Waals surface area contributed by atoms with Crippen LogP contribution in [0, 0.1) is 5.92 Å². The second kappa shape index (κ2) is 6.63. The first-order valence-corrected chi connectivity index (χ1v) is 10.3. The quantitative estimate of drug-likeness (QED) is 0.561. The number of carbonyl (C=O) groups is 1. The van der Waals surface area contributed by atoms with Gasteiger partial charge in [-0.3, -0.25) is 4.79 Å². The van der Waals surface area contributed by atoms with Crippen molar-refractivity contribution < 1.29 is 4.79 Å². The van der Waals surface area contributed by atoms with Gasteiger partial charge in [-0.05, 0) is 41.5 Å². The lowest BCUT2D eigenvalue weighted by Gasteiger charge is -2.30. The molecule has 0 saturated carbocycles. The largest absolute Gasteiger partial charge is 0.284 e. The van der Waals surface area contributed by atoms with Crippen molar-refractivity contribution in [2.75, 3.05) is 0 Å². The van der Waals surface area contributed by atoms with Crippen LogP contribution in [0.5, 0.6) is 0 Å². The van der Waals surface area contributed by atoms with Crippen molar-refractivity contribution in [2.24, 2.45) is 11.0 Å². The first kappa shape index (κ1) is 16.7. The number of thiophene rings is 1. The summed E-state index contributed by atoms with van der Waals surface area (Å²) in [6.45, 7) is 0. The molecule has 0 radical (unpaired) electrons. The minimum Gasteiger partial charge on any atom is -0.266 e. The van der Waals surface area contributed by atoms with Crippen LogP contribution >= 0.6 is 22.9 Å². The SMILES string of the molecule is O=C(c1cccs1)N1N=C2c3ccccc3CC[C@@H]2[C@H]1c1ccccc1Cl. The predicted octanol–water partition coefficient (Wildman–Crippen LogP) is 5.57. The van der Waals surface area contributed by atoms with E-state index in [2.05, 4.69) is 18.2 Å². The molecule has 2 heterocycles. The van der Waals surface area contributed by atoms with Crippen molar-refractivity contribution in [2.45, 2.75) is 18.9 Å². The lowest BCUT2D eigenvalue weighted by atomic mass is 9.77. The summed E-state index contributed by atoms with van der Waals surface area (Å²) < 4.78 is 0. The van der Waals surface area contributed by atoms with Gasteiger partial charge in [0.2, 0.25) is 0 Å². The molecule has 1 amide bonds. The minimum absolute atomic E-state index is 0.0608. The molecule has 5 heteroatoms. The van der Waals surface area contributed by atoms with Crippen LogP contribution in [0.2, 0.25) is 5.02 Å². The number of fused-ring (bicyclic) bond motifs is 3. The van der Waals surface area contributed by atoms with Crippen LogP contribution in [0.3, 0.4) is 0 Å². The molecule has 0 unspecified atom stereocenters. The molecule has 3 aromatic rings. The molecule has 0 bridgehead atoms. The fraction of sp³-hybridized carbons (Fsp3) is 0.182. The number of carbonyl (C=O) groups excluding carboxylic acids is 1. The molecule has 0 saturated heterocycles. The van der Waals surface area contributed by atoms with Gasteiger partial charge in [0.15, 0.2) is 0 Å². The maximum Gasteiger partial charge on any atom is 0.284 e. The number of amides is 1. The minimum atomic E-state index is -0.170. The Hall–Kier alpha value is -2.43. The molecule has 3 nitrogen and oxygen atoms in total. The van der Waals surface area contributed by atoms with Gasteiger partial charge < -0.3 is 0 Å². The molecule has 1 aromatic heterocycles. The molecule has 1 aliphatic carbocycles. The number of hydrogen-bond acceptors (Lipinski definition) is 3. The van der Waals surface area contributed by atoms with Crippen LogP contribution < -0.4 is 0 Å². The zero-order valence-corrected chi connectivity index (χ0v) is 16.1. The van der Waals surface area contributed by atoms with Crippen LogP contribution in [-0.2, 0) is 6.42 Å². The summed E-state index contributed by atoms with van der Waals surface area (Å²) in [5.41, 5.74) is 4.43. The zero-order chi connectivity index (χ0) is 18.4. The van der Waals surface area contributed by atoms with E-state index >= 15 is 0 Å². The van der Waals surface area contributed by atoms with Gasteiger partial charge >= 0.3 is 0 Å². The maximum atomic E-state index is 13.2. The Morgan fingerprint density at radius 2 is 1.89 bits per heavy atom. The average molecular weight is 393 g/mol. The van der Waals surface area contributed by atoms with Crippen LogP contribution in [0.4, 0.5) is 0 Å².